The van der Waals surface area contributed by atoms with Crippen LogP contribution in [0.1, 0.15) is 17.0 Å². The number of ether oxygens (including phenoxy) is 1. The van der Waals surface area contributed by atoms with E-state index < -0.39 is 11.9 Å². The second-order valence-corrected chi connectivity index (χ2v) is 3.30. The number of rotatable bonds is 1. The summed E-state index contributed by atoms with van der Waals surface area (Å²) in [6.07, 6.45) is 0.343. The molecule has 1 atom stereocenters. The molecule has 1 aliphatic carbocycles. The highest BCUT2D eigenvalue weighted by molar-refractivity contribution is 6.08. The van der Waals surface area contributed by atoms with Crippen LogP contribution in [0.2, 0.25) is 0 Å². The molecular weight excluding hydrogens is 180 g/mol. The number of hydrogen-bond acceptors (Lipinski definition) is 3. The number of benzene rings is 1. The average Bonchev–Trinajstić information content (AvgIpc) is 2.53. The number of fused-ring (bicyclic) bond motifs is 1. The molecule has 1 aliphatic rings. The maximum atomic E-state index is 11.5. The zero-order valence-corrected chi connectivity index (χ0v) is 7.82. The maximum absolute atomic E-state index is 11.5. The largest absolute Gasteiger partial charge is 0.468 e. The van der Waals surface area contributed by atoms with E-state index in [-0.39, 0.29) is 5.78 Å². The summed E-state index contributed by atoms with van der Waals surface area (Å²) in [6, 6.07) is 7.37. The van der Waals surface area contributed by atoms with Crippen molar-refractivity contribution < 1.29 is 14.3 Å². The third-order valence-corrected chi connectivity index (χ3v) is 2.49. The van der Waals surface area contributed by atoms with Crippen molar-refractivity contribution in [3.05, 3.63) is 35.4 Å². The van der Waals surface area contributed by atoms with Crippen LogP contribution in [0.25, 0.3) is 0 Å². The second kappa shape index (κ2) is 3.25. The van der Waals surface area contributed by atoms with E-state index in [0.717, 1.165) is 11.1 Å². The predicted octanol–water partition coefficient (Wildman–Crippen LogP) is 1.07. The molecule has 3 nitrogen and oxygen atoms in total. The van der Waals surface area contributed by atoms with Gasteiger partial charge in [-0.05, 0) is 11.1 Å². The van der Waals surface area contributed by atoms with Crippen molar-refractivity contribution in [2.75, 3.05) is 7.11 Å². The molecule has 0 saturated heterocycles. The van der Waals surface area contributed by atoms with E-state index in [1.807, 2.05) is 24.3 Å². The summed E-state index contributed by atoms with van der Waals surface area (Å²) in [7, 11) is 1.30. The van der Waals surface area contributed by atoms with Crippen molar-refractivity contribution in [3.63, 3.8) is 0 Å². The Labute approximate surface area is 81.7 Å². The summed E-state index contributed by atoms with van der Waals surface area (Å²) >= 11 is 0. The molecule has 0 saturated carbocycles. The van der Waals surface area contributed by atoms with Crippen LogP contribution in [0.15, 0.2) is 24.3 Å². The van der Waals surface area contributed by atoms with Crippen molar-refractivity contribution in [1.29, 1.82) is 0 Å². The lowest BCUT2D eigenvalue weighted by Gasteiger charge is -2.06. The Morgan fingerprint density at radius 2 is 2.14 bits per heavy atom. The molecule has 0 spiro atoms. The van der Waals surface area contributed by atoms with E-state index in [2.05, 4.69) is 4.74 Å². The van der Waals surface area contributed by atoms with Crippen molar-refractivity contribution in [3.8, 4) is 0 Å². The summed E-state index contributed by atoms with van der Waals surface area (Å²) in [5, 5.41) is 0. The lowest BCUT2D eigenvalue weighted by molar-refractivity contribution is -0.145. The standard InChI is InChI=1S/C11H10O3/c1-14-11(13)10-8-5-3-2-4-7(8)6-9(10)12/h2-5,10H,6H2,1H3/t10-/m0/s1. The Morgan fingerprint density at radius 3 is 2.86 bits per heavy atom. The van der Waals surface area contributed by atoms with Gasteiger partial charge in [-0.25, -0.2) is 0 Å². The summed E-state index contributed by atoms with van der Waals surface area (Å²) < 4.78 is 4.60. The Morgan fingerprint density at radius 1 is 1.43 bits per heavy atom. The predicted molar refractivity (Wildman–Crippen MR) is 49.9 cm³/mol. The molecule has 72 valence electrons. The zero-order valence-electron chi connectivity index (χ0n) is 7.82. The first-order valence-electron chi connectivity index (χ1n) is 4.42. The third kappa shape index (κ3) is 1.21. The molecular formula is C11H10O3. The van der Waals surface area contributed by atoms with E-state index in [9.17, 15) is 9.59 Å². The third-order valence-electron chi connectivity index (χ3n) is 2.49. The van der Waals surface area contributed by atoms with Crippen molar-refractivity contribution in [2.24, 2.45) is 0 Å². The summed E-state index contributed by atoms with van der Waals surface area (Å²) in [5.41, 5.74) is 1.73. The first kappa shape index (κ1) is 8.94. The zero-order chi connectivity index (χ0) is 10.1. The maximum Gasteiger partial charge on any atom is 0.320 e. The van der Waals surface area contributed by atoms with Gasteiger partial charge >= 0.3 is 5.97 Å². The van der Waals surface area contributed by atoms with Crippen molar-refractivity contribution in [2.45, 2.75) is 12.3 Å². The molecule has 0 heterocycles. The number of carbonyl (C=O) groups is 2. The Balaban J connectivity index is 2.44. The van der Waals surface area contributed by atoms with Crippen LogP contribution in [0.4, 0.5) is 0 Å². The van der Waals surface area contributed by atoms with E-state index in [0.29, 0.717) is 6.42 Å². The monoisotopic (exact) mass is 190 g/mol. The Hall–Kier alpha value is -1.64. The van der Waals surface area contributed by atoms with Crippen LogP contribution < -0.4 is 0 Å². The molecule has 0 aliphatic heterocycles. The van der Waals surface area contributed by atoms with Gasteiger partial charge < -0.3 is 4.74 Å². The number of methoxy groups -OCH3 is 1. The van der Waals surface area contributed by atoms with Crippen LogP contribution in [0, 0.1) is 0 Å². The van der Waals surface area contributed by atoms with Gasteiger partial charge in [-0.2, -0.15) is 0 Å². The Kier molecular flexibility index (Phi) is 2.08. The highest BCUT2D eigenvalue weighted by Crippen LogP contribution is 2.30. The number of hydrogen-bond donors (Lipinski definition) is 0. The molecule has 0 aromatic heterocycles. The van der Waals surface area contributed by atoms with E-state index in [4.69, 9.17) is 0 Å². The van der Waals surface area contributed by atoms with Gasteiger partial charge in [0.05, 0.1) is 7.11 Å². The van der Waals surface area contributed by atoms with Gasteiger partial charge in [-0.1, -0.05) is 24.3 Å². The lowest BCUT2D eigenvalue weighted by Crippen LogP contribution is -2.18. The molecule has 0 radical (unpaired) electrons. The van der Waals surface area contributed by atoms with Gasteiger partial charge in [-0.3, -0.25) is 9.59 Å². The summed E-state index contributed by atoms with van der Waals surface area (Å²) in [5.74, 6) is -1.23. The highest BCUT2D eigenvalue weighted by atomic mass is 16.5. The molecule has 2 rings (SSSR count). The van der Waals surface area contributed by atoms with E-state index in [1.165, 1.54) is 7.11 Å². The van der Waals surface area contributed by atoms with Crippen LogP contribution in [-0.4, -0.2) is 18.9 Å². The minimum absolute atomic E-state index is 0.0712. The topological polar surface area (TPSA) is 43.4 Å². The van der Waals surface area contributed by atoms with Gasteiger partial charge in [0.2, 0.25) is 0 Å². The van der Waals surface area contributed by atoms with Crippen LogP contribution in [0.3, 0.4) is 0 Å². The van der Waals surface area contributed by atoms with Crippen LogP contribution in [0.5, 0.6) is 0 Å². The molecule has 1 aromatic carbocycles. The number of Topliss-reactive ketones (excluding diaryl/α,β-unsaturated/α-hetero) is 1. The van der Waals surface area contributed by atoms with Crippen LogP contribution >= 0.6 is 0 Å². The number of esters is 1. The average molecular weight is 190 g/mol. The second-order valence-electron chi connectivity index (χ2n) is 3.30. The van der Waals surface area contributed by atoms with Crippen LogP contribution in [-0.2, 0) is 20.7 Å². The smallest absolute Gasteiger partial charge is 0.320 e. The van der Waals surface area contributed by atoms with Crippen molar-refractivity contribution in [1.82, 2.24) is 0 Å². The van der Waals surface area contributed by atoms with Gasteiger partial charge in [0.1, 0.15) is 5.92 Å². The number of ketones is 1. The molecule has 0 amide bonds. The van der Waals surface area contributed by atoms with Gasteiger partial charge in [-0.15, -0.1) is 0 Å². The molecule has 14 heavy (non-hydrogen) atoms. The first-order chi connectivity index (χ1) is 6.74. The molecule has 0 bridgehead atoms. The molecule has 3 heteroatoms. The van der Waals surface area contributed by atoms with Gasteiger partial charge in [0.15, 0.2) is 5.78 Å². The molecule has 0 fully saturated rings. The number of carbonyl (C=O) groups excluding carboxylic acids is 2. The lowest BCUT2D eigenvalue weighted by atomic mass is 10.0. The highest BCUT2D eigenvalue weighted by Gasteiger charge is 2.36. The SMILES string of the molecule is COC(=O)[C@@H]1C(=O)Cc2ccccc21. The Bertz CT molecular complexity index is 387. The molecule has 0 N–H and O–H groups in total. The fourth-order valence-corrected chi connectivity index (χ4v) is 1.82. The van der Waals surface area contributed by atoms with E-state index >= 15 is 0 Å². The van der Waals surface area contributed by atoms with Gasteiger partial charge in [0, 0.05) is 6.42 Å². The minimum Gasteiger partial charge on any atom is -0.468 e. The van der Waals surface area contributed by atoms with Crippen molar-refractivity contribution >= 4 is 11.8 Å². The molecule has 0 unspecified atom stereocenters. The minimum atomic E-state index is -0.698. The first-order valence-corrected chi connectivity index (χ1v) is 4.42. The fraction of sp³-hybridized carbons (Fsp3) is 0.273. The molecule has 1 aromatic rings. The summed E-state index contributed by atoms with van der Waals surface area (Å²) in [4.78, 5) is 22.9. The van der Waals surface area contributed by atoms with E-state index in [1.54, 1.807) is 0 Å². The fourth-order valence-electron chi connectivity index (χ4n) is 1.82. The quantitative estimate of drug-likeness (QED) is 0.491. The van der Waals surface area contributed by atoms with Gasteiger partial charge in [0.25, 0.3) is 0 Å². The normalized spacial score (nSPS) is 19.2. The summed E-state index contributed by atoms with van der Waals surface area (Å²) in [6.45, 7) is 0.